The van der Waals surface area contributed by atoms with Crippen molar-refractivity contribution in [3.63, 3.8) is 0 Å². The molecule has 0 spiro atoms. The van der Waals surface area contributed by atoms with Crippen LogP contribution in [0.25, 0.3) is 0 Å². The van der Waals surface area contributed by atoms with Crippen molar-refractivity contribution in [2.24, 2.45) is 10.3 Å². The van der Waals surface area contributed by atoms with E-state index < -0.39 is 0 Å². The number of rotatable bonds is 2. The number of anilines is 1. The van der Waals surface area contributed by atoms with Crippen LogP contribution in [0.2, 0.25) is 0 Å². The van der Waals surface area contributed by atoms with Crippen LogP contribution < -0.4 is 5.73 Å². The van der Waals surface area contributed by atoms with Gasteiger partial charge < -0.3 is 5.73 Å². The minimum atomic E-state index is 0.760. The van der Waals surface area contributed by atoms with Crippen LogP contribution in [0, 0.1) is 6.92 Å². The molecule has 1 aliphatic heterocycles. The second kappa shape index (κ2) is 3.65. The van der Waals surface area contributed by atoms with E-state index in [4.69, 9.17) is 5.73 Å². The Kier molecular flexibility index (Phi) is 2.35. The van der Waals surface area contributed by atoms with Gasteiger partial charge in [0.15, 0.2) is 0 Å². The molecule has 1 heterocycles. The topological polar surface area (TPSA) is 54.0 Å². The fourth-order valence-corrected chi connectivity index (χ4v) is 1.50. The zero-order valence-corrected chi connectivity index (χ0v) is 8.27. The maximum Gasteiger partial charge on any atom is 0.0813 e. The molecule has 0 amide bonds. The van der Waals surface area contributed by atoms with Gasteiger partial charge in [-0.3, -0.25) is 5.01 Å². The third-order valence-electron chi connectivity index (χ3n) is 2.30. The highest BCUT2D eigenvalue weighted by Crippen LogP contribution is 2.17. The summed E-state index contributed by atoms with van der Waals surface area (Å²) in [6, 6.07) is 6.11. The van der Waals surface area contributed by atoms with Gasteiger partial charge in [0.2, 0.25) is 0 Å². The maximum absolute atomic E-state index is 5.90. The van der Waals surface area contributed by atoms with Crippen LogP contribution in [0.1, 0.15) is 11.1 Å². The molecular weight excluding hydrogens is 176 g/mol. The van der Waals surface area contributed by atoms with Crippen LogP contribution in [0.5, 0.6) is 0 Å². The molecule has 0 aliphatic carbocycles. The van der Waals surface area contributed by atoms with Gasteiger partial charge in [-0.1, -0.05) is 17.4 Å². The predicted octanol–water partition coefficient (Wildman–Crippen LogP) is 1.76. The third-order valence-corrected chi connectivity index (χ3v) is 2.30. The Balaban J connectivity index is 2.12. The summed E-state index contributed by atoms with van der Waals surface area (Å²) in [5.41, 5.74) is 9.05. The molecule has 0 radical (unpaired) electrons. The Morgan fingerprint density at radius 2 is 2.36 bits per heavy atom. The lowest BCUT2D eigenvalue weighted by molar-refractivity contribution is 0.311. The molecule has 4 heteroatoms. The number of nitrogen functional groups attached to an aromatic ring is 1. The maximum atomic E-state index is 5.90. The van der Waals surface area contributed by atoms with Crippen LogP contribution in [-0.4, -0.2) is 18.1 Å². The summed E-state index contributed by atoms with van der Waals surface area (Å²) in [5.74, 6) is 0. The van der Waals surface area contributed by atoms with Crippen LogP contribution in [-0.2, 0) is 6.54 Å². The van der Waals surface area contributed by atoms with E-state index in [0.717, 1.165) is 30.9 Å². The largest absolute Gasteiger partial charge is 0.398 e. The first-order chi connectivity index (χ1) is 6.75. The van der Waals surface area contributed by atoms with Gasteiger partial charge in [-0.05, 0) is 24.1 Å². The van der Waals surface area contributed by atoms with Gasteiger partial charge in [0, 0.05) is 5.69 Å². The van der Waals surface area contributed by atoms with Gasteiger partial charge in [-0.25, -0.2) is 0 Å². The van der Waals surface area contributed by atoms with Crippen molar-refractivity contribution in [1.29, 1.82) is 0 Å². The van der Waals surface area contributed by atoms with E-state index in [1.807, 2.05) is 18.0 Å². The first-order valence-electron chi connectivity index (χ1n) is 4.73. The fraction of sp³-hybridized carbons (Fsp3) is 0.400. The van der Waals surface area contributed by atoms with Crippen LogP contribution in [0.3, 0.4) is 0 Å². The van der Waals surface area contributed by atoms with Crippen molar-refractivity contribution in [3.05, 3.63) is 29.3 Å². The predicted molar refractivity (Wildman–Crippen MR) is 55.7 cm³/mol. The third kappa shape index (κ3) is 1.84. The number of aryl methyl sites for hydroxylation is 1. The Morgan fingerprint density at radius 3 is 3.00 bits per heavy atom. The first-order valence-corrected chi connectivity index (χ1v) is 4.73. The van der Waals surface area contributed by atoms with Crippen molar-refractivity contribution in [1.82, 2.24) is 5.01 Å². The van der Waals surface area contributed by atoms with Crippen molar-refractivity contribution >= 4 is 5.69 Å². The first kappa shape index (κ1) is 8.99. The van der Waals surface area contributed by atoms with Crippen molar-refractivity contribution < 1.29 is 0 Å². The molecule has 0 saturated heterocycles. The monoisotopic (exact) mass is 190 g/mol. The highest BCUT2D eigenvalue weighted by molar-refractivity contribution is 5.48. The lowest BCUT2D eigenvalue weighted by Gasteiger charge is -2.13. The second-order valence-corrected chi connectivity index (χ2v) is 3.54. The molecule has 74 valence electrons. The normalized spacial score (nSPS) is 15.1. The standard InChI is InChI=1S/C10H14N4/c1-8-2-3-9(10(11)6-8)7-14-5-4-12-13-14/h2-3,6H,4-5,7,11H2,1H3. The quantitative estimate of drug-likeness (QED) is 0.722. The summed E-state index contributed by atoms with van der Waals surface area (Å²) in [7, 11) is 0. The fourth-order valence-electron chi connectivity index (χ4n) is 1.50. The van der Waals surface area contributed by atoms with Gasteiger partial charge in [0.05, 0.1) is 19.6 Å². The Labute approximate surface area is 83.4 Å². The second-order valence-electron chi connectivity index (χ2n) is 3.54. The average molecular weight is 190 g/mol. The van der Waals surface area contributed by atoms with Crippen molar-refractivity contribution in [3.8, 4) is 0 Å². The summed E-state index contributed by atoms with van der Waals surface area (Å²) in [5, 5.41) is 9.85. The summed E-state index contributed by atoms with van der Waals surface area (Å²) in [6.07, 6.45) is 0. The number of benzene rings is 1. The summed E-state index contributed by atoms with van der Waals surface area (Å²) >= 11 is 0. The molecule has 0 atom stereocenters. The van der Waals surface area contributed by atoms with E-state index in [1.54, 1.807) is 0 Å². The van der Waals surface area contributed by atoms with Gasteiger partial charge >= 0.3 is 0 Å². The van der Waals surface area contributed by atoms with Gasteiger partial charge in [0.1, 0.15) is 0 Å². The van der Waals surface area contributed by atoms with Crippen LogP contribution in [0.4, 0.5) is 5.69 Å². The Hall–Kier alpha value is -1.58. The van der Waals surface area contributed by atoms with E-state index >= 15 is 0 Å². The van der Waals surface area contributed by atoms with Gasteiger partial charge in [-0.15, -0.1) is 0 Å². The Bertz CT molecular complexity index is 359. The number of nitrogens with two attached hydrogens (primary N) is 1. The average Bonchev–Trinajstić information content (AvgIpc) is 2.62. The number of hydrogen-bond donors (Lipinski definition) is 1. The minimum absolute atomic E-state index is 0.760. The molecule has 0 aromatic heterocycles. The van der Waals surface area contributed by atoms with Crippen LogP contribution >= 0.6 is 0 Å². The molecule has 0 saturated carbocycles. The lowest BCUT2D eigenvalue weighted by atomic mass is 10.1. The smallest absolute Gasteiger partial charge is 0.0813 e. The van der Waals surface area contributed by atoms with E-state index in [0.29, 0.717) is 0 Å². The highest BCUT2D eigenvalue weighted by atomic mass is 15.6. The van der Waals surface area contributed by atoms with Gasteiger partial charge in [-0.2, -0.15) is 5.11 Å². The molecule has 0 unspecified atom stereocenters. The number of hydrogen-bond acceptors (Lipinski definition) is 4. The van der Waals surface area contributed by atoms with E-state index in [2.05, 4.69) is 22.5 Å². The zero-order chi connectivity index (χ0) is 9.97. The summed E-state index contributed by atoms with van der Waals surface area (Å²) < 4.78 is 0. The van der Waals surface area contributed by atoms with Gasteiger partial charge in [0.25, 0.3) is 0 Å². The Morgan fingerprint density at radius 1 is 1.50 bits per heavy atom. The molecule has 2 N–H and O–H groups in total. The van der Waals surface area contributed by atoms with E-state index in [1.165, 1.54) is 5.56 Å². The molecule has 4 nitrogen and oxygen atoms in total. The summed E-state index contributed by atoms with van der Waals surface area (Å²) in [4.78, 5) is 0. The molecular formula is C10H14N4. The molecule has 1 aliphatic rings. The number of nitrogens with zero attached hydrogens (tertiary/aromatic N) is 3. The van der Waals surface area contributed by atoms with Crippen molar-refractivity contribution in [2.45, 2.75) is 13.5 Å². The molecule has 2 rings (SSSR count). The zero-order valence-electron chi connectivity index (χ0n) is 8.27. The molecule has 14 heavy (non-hydrogen) atoms. The lowest BCUT2D eigenvalue weighted by Crippen LogP contribution is -2.15. The van der Waals surface area contributed by atoms with Crippen LogP contribution in [0.15, 0.2) is 28.5 Å². The van der Waals surface area contributed by atoms with Crippen molar-refractivity contribution in [2.75, 3.05) is 18.8 Å². The summed E-state index contributed by atoms with van der Waals surface area (Å²) in [6.45, 7) is 4.49. The SMILES string of the molecule is Cc1ccc(CN2CCN=N2)c(N)c1. The van der Waals surface area contributed by atoms with E-state index in [9.17, 15) is 0 Å². The highest BCUT2D eigenvalue weighted by Gasteiger charge is 2.09. The van der Waals surface area contributed by atoms with E-state index in [-0.39, 0.29) is 0 Å². The molecule has 1 aromatic rings. The molecule has 0 bridgehead atoms. The minimum Gasteiger partial charge on any atom is -0.398 e. The molecule has 1 aromatic carbocycles. The molecule has 0 fully saturated rings.